The molecule has 0 saturated carbocycles. The van der Waals surface area contributed by atoms with E-state index in [4.69, 9.17) is 4.74 Å². The number of rotatable bonds is 5. The molecule has 18 heavy (non-hydrogen) atoms. The van der Waals surface area contributed by atoms with E-state index in [1.807, 2.05) is 24.3 Å². The average Bonchev–Trinajstić information content (AvgIpc) is 2.92. The Kier molecular flexibility index (Phi) is 4.50. The Bertz CT molecular complexity index is 508. The van der Waals surface area contributed by atoms with Gasteiger partial charge in [0, 0.05) is 18.0 Å². The molecule has 0 unspecified atom stereocenters. The molecular formula is C14H15NO2S. The van der Waals surface area contributed by atoms with Crippen molar-refractivity contribution >= 4 is 17.3 Å². The van der Waals surface area contributed by atoms with E-state index in [0.717, 1.165) is 12.1 Å². The number of thiophene rings is 1. The molecule has 0 radical (unpaired) electrons. The maximum atomic E-state index is 11.6. The lowest BCUT2D eigenvalue weighted by Gasteiger charge is -2.08. The second kappa shape index (κ2) is 6.33. The zero-order valence-electron chi connectivity index (χ0n) is 10.2. The number of benzene rings is 1. The van der Waals surface area contributed by atoms with E-state index in [0.29, 0.717) is 12.1 Å². The molecule has 1 aromatic heterocycles. The van der Waals surface area contributed by atoms with E-state index < -0.39 is 0 Å². The Morgan fingerprint density at radius 2 is 2.06 bits per heavy atom. The first-order valence-corrected chi connectivity index (χ1v) is 6.58. The first-order chi connectivity index (χ1) is 8.81. The van der Waals surface area contributed by atoms with E-state index >= 15 is 0 Å². The number of hydrogen-bond acceptors (Lipinski definition) is 4. The van der Waals surface area contributed by atoms with Gasteiger partial charge in [0.15, 0.2) is 0 Å². The monoisotopic (exact) mass is 261 g/mol. The number of hydrogen-bond donors (Lipinski definition) is 1. The van der Waals surface area contributed by atoms with Crippen molar-refractivity contribution in [3.63, 3.8) is 0 Å². The molecule has 2 rings (SSSR count). The van der Waals surface area contributed by atoms with Gasteiger partial charge in [-0.15, -0.1) is 11.3 Å². The third-order valence-corrected chi connectivity index (χ3v) is 3.49. The summed E-state index contributed by atoms with van der Waals surface area (Å²) >= 11 is 1.72. The Balaban J connectivity index is 1.98. The van der Waals surface area contributed by atoms with Gasteiger partial charge < -0.3 is 10.1 Å². The highest BCUT2D eigenvalue weighted by atomic mass is 32.1. The normalized spacial score (nSPS) is 10.3. The van der Waals surface area contributed by atoms with Crippen LogP contribution in [0.3, 0.4) is 0 Å². The molecule has 0 atom stereocenters. The van der Waals surface area contributed by atoms with Gasteiger partial charge in [0.1, 0.15) is 0 Å². The van der Waals surface area contributed by atoms with Gasteiger partial charge in [-0.1, -0.05) is 24.3 Å². The Hall–Kier alpha value is -1.65. The summed E-state index contributed by atoms with van der Waals surface area (Å²) in [5.41, 5.74) is 1.58. The van der Waals surface area contributed by atoms with Crippen LogP contribution in [-0.4, -0.2) is 13.1 Å². The molecule has 0 bridgehead atoms. The van der Waals surface area contributed by atoms with Crippen LogP contribution in [-0.2, 0) is 17.8 Å². The standard InChI is InChI=1S/C14H15NO2S/c1-17-14(16)13-7-3-2-5-11(13)9-15-10-12-6-4-8-18-12/h2-8,15H,9-10H2,1H3. The maximum Gasteiger partial charge on any atom is 0.338 e. The van der Waals surface area contributed by atoms with Crippen molar-refractivity contribution in [2.75, 3.05) is 7.11 Å². The largest absolute Gasteiger partial charge is 0.465 e. The number of methoxy groups -OCH3 is 1. The fraction of sp³-hybridized carbons (Fsp3) is 0.214. The summed E-state index contributed by atoms with van der Waals surface area (Å²) in [6.07, 6.45) is 0. The highest BCUT2D eigenvalue weighted by Crippen LogP contribution is 2.11. The lowest BCUT2D eigenvalue weighted by Crippen LogP contribution is -2.15. The van der Waals surface area contributed by atoms with Crippen LogP contribution in [0.15, 0.2) is 41.8 Å². The summed E-state index contributed by atoms with van der Waals surface area (Å²) in [5, 5.41) is 5.38. The predicted octanol–water partition coefficient (Wildman–Crippen LogP) is 2.82. The van der Waals surface area contributed by atoms with Crippen LogP contribution in [0.4, 0.5) is 0 Å². The van der Waals surface area contributed by atoms with Gasteiger partial charge >= 0.3 is 5.97 Å². The van der Waals surface area contributed by atoms with Crippen LogP contribution in [0.1, 0.15) is 20.8 Å². The summed E-state index contributed by atoms with van der Waals surface area (Å²) < 4.78 is 4.76. The molecule has 4 heteroatoms. The Morgan fingerprint density at radius 3 is 2.78 bits per heavy atom. The van der Waals surface area contributed by atoms with Gasteiger partial charge in [0.05, 0.1) is 12.7 Å². The maximum absolute atomic E-state index is 11.6. The average molecular weight is 261 g/mol. The minimum Gasteiger partial charge on any atom is -0.465 e. The van der Waals surface area contributed by atoms with Crippen LogP contribution in [0.5, 0.6) is 0 Å². The fourth-order valence-corrected chi connectivity index (χ4v) is 2.39. The second-order valence-electron chi connectivity index (χ2n) is 3.83. The molecule has 0 fully saturated rings. The molecule has 0 aliphatic heterocycles. The third-order valence-electron chi connectivity index (χ3n) is 2.62. The van der Waals surface area contributed by atoms with Crippen molar-refractivity contribution in [2.24, 2.45) is 0 Å². The molecule has 0 spiro atoms. The van der Waals surface area contributed by atoms with Crippen molar-refractivity contribution in [1.29, 1.82) is 0 Å². The molecule has 3 nitrogen and oxygen atoms in total. The van der Waals surface area contributed by atoms with E-state index in [9.17, 15) is 4.79 Å². The summed E-state index contributed by atoms with van der Waals surface area (Å²) in [6.45, 7) is 1.47. The van der Waals surface area contributed by atoms with Crippen molar-refractivity contribution < 1.29 is 9.53 Å². The van der Waals surface area contributed by atoms with Crippen LogP contribution >= 0.6 is 11.3 Å². The molecular weight excluding hydrogens is 246 g/mol. The number of esters is 1. The molecule has 1 aromatic carbocycles. The third kappa shape index (κ3) is 3.18. The van der Waals surface area contributed by atoms with Crippen LogP contribution in [0, 0.1) is 0 Å². The summed E-state index contributed by atoms with van der Waals surface area (Å²) in [6, 6.07) is 11.6. The molecule has 0 amide bonds. The SMILES string of the molecule is COC(=O)c1ccccc1CNCc1cccs1. The van der Waals surface area contributed by atoms with Gasteiger partial charge in [-0.2, -0.15) is 0 Å². The van der Waals surface area contributed by atoms with E-state index in [1.165, 1.54) is 12.0 Å². The Morgan fingerprint density at radius 1 is 1.22 bits per heavy atom. The minimum absolute atomic E-state index is 0.288. The molecule has 0 aliphatic carbocycles. The van der Waals surface area contributed by atoms with Gasteiger partial charge in [-0.25, -0.2) is 4.79 Å². The van der Waals surface area contributed by atoms with E-state index in [-0.39, 0.29) is 5.97 Å². The topological polar surface area (TPSA) is 38.3 Å². The summed E-state index contributed by atoms with van der Waals surface area (Å²) in [5.74, 6) is -0.288. The van der Waals surface area contributed by atoms with Crippen molar-refractivity contribution in [1.82, 2.24) is 5.32 Å². The molecule has 2 aromatic rings. The number of ether oxygens (including phenoxy) is 1. The van der Waals surface area contributed by atoms with Crippen LogP contribution in [0.25, 0.3) is 0 Å². The van der Waals surface area contributed by atoms with Crippen molar-refractivity contribution in [3.8, 4) is 0 Å². The van der Waals surface area contributed by atoms with Crippen LogP contribution < -0.4 is 5.32 Å². The van der Waals surface area contributed by atoms with Crippen LogP contribution in [0.2, 0.25) is 0 Å². The number of carbonyl (C=O) groups excluding carboxylic acids is 1. The minimum atomic E-state index is -0.288. The summed E-state index contributed by atoms with van der Waals surface area (Å²) in [7, 11) is 1.40. The predicted molar refractivity (Wildman–Crippen MR) is 72.6 cm³/mol. The molecule has 0 aliphatic rings. The highest BCUT2D eigenvalue weighted by Gasteiger charge is 2.10. The molecule has 1 N–H and O–H groups in total. The molecule has 1 heterocycles. The highest BCUT2D eigenvalue weighted by molar-refractivity contribution is 7.09. The smallest absolute Gasteiger partial charge is 0.338 e. The zero-order chi connectivity index (χ0) is 12.8. The van der Waals surface area contributed by atoms with Gasteiger partial charge in [0.2, 0.25) is 0 Å². The van der Waals surface area contributed by atoms with E-state index in [2.05, 4.69) is 16.8 Å². The number of carbonyl (C=O) groups is 1. The number of nitrogens with one attached hydrogen (secondary N) is 1. The lowest BCUT2D eigenvalue weighted by atomic mass is 10.1. The zero-order valence-corrected chi connectivity index (χ0v) is 11.0. The molecule has 94 valence electrons. The Labute approximate surface area is 110 Å². The fourth-order valence-electron chi connectivity index (χ4n) is 1.72. The van der Waals surface area contributed by atoms with E-state index in [1.54, 1.807) is 17.4 Å². The first kappa shape index (κ1) is 12.8. The summed E-state index contributed by atoms with van der Waals surface area (Å²) in [4.78, 5) is 12.9. The quantitative estimate of drug-likeness (QED) is 0.841. The van der Waals surface area contributed by atoms with Gasteiger partial charge in [0.25, 0.3) is 0 Å². The lowest BCUT2D eigenvalue weighted by molar-refractivity contribution is 0.0599. The van der Waals surface area contributed by atoms with Crippen molar-refractivity contribution in [2.45, 2.75) is 13.1 Å². The first-order valence-electron chi connectivity index (χ1n) is 5.70. The van der Waals surface area contributed by atoms with Gasteiger partial charge in [-0.3, -0.25) is 0 Å². The second-order valence-corrected chi connectivity index (χ2v) is 4.86. The van der Waals surface area contributed by atoms with Crippen molar-refractivity contribution in [3.05, 3.63) is 57.8 Å². The molecule has 0 saturated heterocycles. The van der Waals surface area contributed by atoms with Gasteiger partial charge in [-0.05, 0) is 23.1 Å².